The average Bonchev–Trinajstić information content (AvgIpc) is 2.45. The molecule has 2 amide bonds. The lowest BCUT2D eigenvalue weighted by atomic mass is 10.2. The van der Waals surface area contributed by atoms with E-state index in [1.54, 1.807) is 6.92 Å². The molecule has 0 aliphatic carbocycles. The van der Waals surface area contributed by atoms with E-state index in [0.29, 0.717) is 11.6 Å². The Balaban J connectivity index is 2.50. The molecule has 0 aliphatic heterocycles. The Labute approximate surface area is 133 Å². The predicted octanol–water partition coefficient (Wildman–Crippen LogP) is 0.720. The molecule has 1 aromatic carbocycles. The number of carbonyl (C=O) groups excluding carboxylic acids is 3. The van der Waals surface area contributed by atoms with Crippen LogP contribution in [-0.4, -0.2) is 37.0 Å². The van der Waals surface area contributed by atoms with Crippen molar-refractivity contribution in [3.63, 3.8) is 0 Å². The third-order valence-corrected chi connectivity index (χ3v) is 2.92. The third-order valence-electron chi connectivity index (χ3n) is 2.69. The van der Waals surface area contributed by atoms with Gasteiger partial charge in [0, 0.05) is 17.3 Å². The van der Waals surface area contributed by atoms with Crippen LogP contribution in [0.5, 0.6) is 0 Å². The minimum atomic E-state index is -0.741. The van der Waals surface area contributed by atoms with Crippen LogP contribution in [0.1, 0.15) is 24.2 Å². The standard InChI is InChI=1S/C14H18ClN3O4/c1-3-17-13(20)8(2)18-12(19)7-22-14(21)10-5-4-9(15)6-11(10)16/h4-6,8H,3,7,16H2,1-2H3,(H,17,20)(H,18,19)/t8-/m0/s1. The molecule has 1 rings (SSSR count). The molecule has 1 atom stereocenters. The first-order chi connectivity index (χ1) is 10.3. The molecule has 0 aromatic heterocycles. The van der Waals surface area contributed by atoms with E-state index in [4.69, 9.17) is 22.1 Å². The van der Waals surface area contributed by atoms with Crippen molar-refractivity contribution in [1.29, 1.82) is 0 Å². The van der Waals surface area contributed by atoms with E-state index in [0.717, 1.165) is 0 Å². The van der Waals surface area contributed by atoms with Gasteiger partial charge in [-0.15, -0.1) is 0 Å². The molecular formula is C14H18ClN3O4. The first-order valence-electron chi connectivity index (χ1n) is 6.64. The Hall–Kier alpha value is -2.28. The monoisotopic (exact) mass is 327 g/mol. The molecule has 22 heavy (non-hydrogen) atoms. The third kappa shape index (κ3) is 5.25. The van der Waals surface area contributed by atoms with Crippen LogP contribution in [0.4, 0.5) is 5.69 Å². The van der Waals surface area contributed by atoms with Crippen molar-refractivity contribution in [3.8, 4) is 0 Å². The number of hydrogen-bond donors (Lipinski definition) is 3. The van der Waals surface area contributed by atoms with E-state index in [1.165, 1.54) is 25.1 Å². The van der Waals surface area contributed by atoms with Gasteiger partial charge in [-0.25, -0.2) is 4.79 Å². The molecule has 8 heteroatoms. The molecule has 0 aliphatic rings. The van der Waals surface area contributed by atoms with Crippen molar-refractivity contribution in [3.05, 3.63) is 28.8 Å². The maximum absolute atomic E-state index is 11.8. The van der Waals surface area contributed by atoms with Gasteiger partial charge in [-0.1, -0.05) is 11.6 Å². The van der Waals surface area contributed by atoms with Crippen molar-refractivity contribution in [2.45, 2.75) is 19.9 Å². The van der Waals surface area contributed by atoms with Crippen LogP contribution in [0.25, 0.3) is 0 Å². The summed E-state index contributed by atoms with van der Waals surface area (Å²) in [6.07, 6.45) is 0. The highest BCUT2D eigenvalue weighted by Gasteiger charge is 2.17. The SMILES string of the molecule is CCNC(=O)[C@H](C)NC(=O)COC(=O)c1ccc(Cl)cc1N. The molecule has 4 N–H and O–H groups in total. The number of nitrogens with two attached hydrogens (primary N) is 1. The van der Waals surface area contributed by atoms with Gasteiger partial charge in [0.15, 0.2) is 6.61 Å². The summed E-state index contributed by atoms with van der Waals surface area (Å²) in [5.74, 6) is -1.64. The summed E-state index contributed by atoms with van der Waals surface area (Å²) in [5.41, 5.74) is 5.92. The maximum Gasteiger partial charge on any atom is 0.340 e. The smallest absolute Gasteiger partial charge is 0.340 e. The van der Waals surface area contributed by atoms with Crippen LogP contribution < -0.4 is 16.4 Å². The highest BCUT2D eigenvalue weighted by Crippen LogP contribution is 2.18. The van der Waals surface area contributed by atoms with Gasteiger partial charge >= 0.3 is 5.97 Å². The fourth-order valence-corrected chi connectivity index (χ4v) is 1.78. The van der Waals surface area contributed by atoms with E-state index >= 15 is 0 Å². The Kier molecular flexibility index (Phi) is 6.65. The second-order valence-electron chi connectivity index (χ2n) is 4.49. The number of anilines is 1. The molecule has 7 nitrogen and oxygen atoms in total. The number of hydrogen-bond acceptors (Lipinski definition) is 5. The summed E-state index contributed by atoms with van der Waals surface area (Å²) >= 11 is 5.73. The first-order valence-corrected chi connectivity index (χ1v) is 7.02. The van der Waals surface area contributed by atoms with Gasteiger partial charge in [0.2, 0.25) is 5.91 Å². The fraction of sp³-hybridized carbons (Fsp3) is 0.357. The predicted molar refractivity (Wildman–Crippen MR) is 82.4 cm³/mol. The van der Waals surface area contributed by atoms with Crippen LogP contribution in [0.3, 0.4) is 0 Å². The van der Waals surface area contributed by atoms with Crippen LogP contribution >= 0.6 is 11.6 Å². The lowest BCUT2D eigenvalue weighted by Crippen LogP contribution is -2.46. The van der Waals surface area contributed by atoms with Crippen LogP contribution in [0, 0.1) is 0 Å². The molecule has 120 valence electrons. The molecule has 0 unspecified atom stereocenters. The first kappa shape index (κ1) is 17.8. The summed E-state index contributed by atoms with van der Waals surface area (Å²) in [6.45, 7) is 3.25. The number of benzene rings is 1. The van der Waals surface area contributed by atoms with Crippen molar-refractivity contribution >= 4 is 35.1 Å². The number of nitrogen functional groups attached to an aromatic ring is 1. The fourth-order valence-electron chi connectivity index (χ4n) is 1.60. The van der Waals surface area contributed by atoms with Gasteiger partial charge in [-0.2, -0.15) is 0 Å². The Morgan fingerprint density at radius 1 is 1.36 bits per heavy atom. The van der Waals surface area contributed by atoms with Crippen LogP contribution in [0.15, 0.2) is 18.2 Å². The van der Waals surface area contributed by atoms with Crippen LogP contribution in [0.2, 0.25) is 5.02 Å². The number of amides is 2. The van der Waals surface area contributed by atoms with Crippen LogP contribution in [-0.2, 0) is 14.3 Å². The molecule has 0 bridgehead atoms. The molecule has 0 spiro atoms. The molecule has 0 radical (unpaired) electrons. The zero-order valence-electron chi connectivity index (χ0n) is 12.3. The zero-order chi connectivity index (χ0) is 16.7. The maximum atomic E-state index is 11.8. The van der Waals surface area contributed by atoms with Gasteiger partial charge in [0.1, 0.15) is 6.04 Å². The normalized spacial score (nSPS) is 11.4. The van der Waals surface area contributed by atoms with E-state index in [9.17, 15) is 14.4 Å². The minimum absolute atomic E-state index is 0.119. The Morgan fingerprint density at radius 2 is 2.05 bits per heavy atom. The number of carbonyl (C=O) groups is 3. The number of likely N-dealkylation sites (N-methyl/N-ethyl adjacent to an activating group) is 1. The van der Waals surface area contributed by atoms with Crippen molar-refractivity contribution in [1.82, 2.24) is 10.6 Å². The van der Waals surface area contributed by atoms with Gasteiger partial charge < -0.3 is 21.1 Å². The number of halogens is 1. The molecule has 1 aromatic rings. The summed E-state index contributed by atoms with van der Waals surface area (Å²) in [5, 5.41) is 5.37. The Bertz CT molecular complexity index is 577. The highest BCUT2D eigenvalue weighted by atomic mass is 35.5. The zero-order valence-corrected chi connectivity index (χ0v) is 13.1. The summed E-state index contributed by atoms with van der Waals surface area (Å²) in [7, 11) is 0. The number of nitrogens with one attached hydrogen (secondary N) is 2. The van der Waals surface area contributed by atoms with Crippen molar-refractivity contribution in [2.24, 2.45) is 0 Å². The average molecular weight is 328 g/mol. The lowest BCUT2D eigenvalue weighted by Gasteiger charge is -2.13. The second kappa shape index (κ2) is 8.23. The molecule has 0 saturated carbocycles. The van der Waals surface area contributed by atoms with E-state index in [-0.39, 0.29) is 17.2 Å². The summed E-state index contributed by atoms with van der Waals surface area (Å²) in [6, 6.07) is 3.60. The van der Waals surface area contributed by atoms with E-state index in [1.807, 2.05) is 0 Å². The molecule has 0 fully saturated rings. The van der Waals surface area contributed by atoms with Gasteiger partial charge in [0.25, 0.3) is 5.91 Å². The lowest BCUT2D eigenvalue weighted by molar-refractivity contribution is -0.130. The molecular weight excluding hydrogens is 310 g/mol. The van der Waals surface area contributed by atoms with E-state index < -0.39 is 24.5 Å². The van der Waals surface area contributed by atoms with Gasteiger partial charge in [0.05, 0.1) is 5.56 Å². The number of esters is 1. The minimum Gasteiger partial charge on any atom is -0.452 e. The summed E-state index contributed by atoms with van der Waals surface area (Å²) in [4.78, 5) is 34.9. The van der Waals surface area contributed by atoms with E-state index in [2.05, 4.69) is 10.6 Å². The van der Waals surface area contributed by atoms with Gasteiger partial charge in [-0.3, -0.25) is 9.59 Å². The molecule has 0 saturated heterocycles. The quantitative estimate of drug-likeness (QED) is 0.526. The largest absolute Gasteiger partial charge is 0.452 e. The Morgan fingerprint density at radius 3 is 2.64 bits per heavy atom. The van der Waals surface area contributed by atoms with Crippen molar-refractivity contribution in [2.75, 3.05) is 18.9 Å². The highest BCUT2D eigenvalue weighted by molar-refractivity contribution is 6.31. The summed E-state index contributed by atoms with van der Waals surface area (Å²) < 4.78 is 4.85. The molecule has 0 heterocycles. The number of rotatable bonds is 6. The topological polar surface area (TPSA) is 111 Å². The van der Waals surface area contributed by atoms with Gasteiger partial charge in [-0.05, 0) is 32.0 Å². The number of ether oxygens (including phenoxy) is 1. The second-order valence-corrected chi connectivity index (χ2v) is 4.93. The van der Waals surface area contributed by atoms with Crippen molar-refractivity contribution < 1.29 is 19.1 Å².